The molecule has 0 unspecified atom stereocenters. The number of hydrogen-bond donors (Lipinski definition) is 2. The fraction of sp³-hybridized carbons (Fsp3) is 0.357. The molecule has 25 heavy (non-hydrogen) atoms. The summed E-state index contributed by atoms with van der Waals surface area (Å²) in [5.74, 6) is -0.843. The first-order chi connectivity index (χ1) is 11.4. The van der Waals surface area contributed by atoms with Crippen molar-refractivity contribution >= 4 is 5.91 Å². The Bertz CT molecular complexity index is 689. The number of hydrazine groups is 1. The molecule has 138 valence electrons. The summed E-state index contributed by atoms with van der Waals surface area (Å²) in [6, 6.07) is 5.07. The van der Waals surface area contributed by atoms with Gasteiger partial charge in [-0.15, -0.1) is 13.2 Å². The topological polar surface area (TPSA) is 71.0 Å². The number of nitrogens with zero attached hydrogens (tertiary/aromatic N) is 1. The molecule has 1 atom stereocenters. The zero-order valence-electron chi connectivity index (χ0n) is 12.9. The van der Waals surface area contributed by atoms with E-state index in [4.69, 9.17) is 4.74 Å². The summed E-state index contributed by atoms with van der Waals surface area (Å²) < 4.78 is 72.2. The first kappa shape index (κ1) is 18.9. The highest BCUT2D eigenvalue weighted by atomic mass is 19.4. The summed E-state index contributed by atoms with van der Waals surface area (Å²) in [5.41, 5.74) is -1.95. The highest BCUT2D eigenvalue weighted by Crippen LogP contribution is 2.41. The number of allylic oxidation sites excluding steroid dienone is 1. The predicted octanol–water partition coefficient (Wildman–Crippen LogP) is 2.38. The number of hydrogen-bond acceptors (Lipinski definition) is 5. The van der Waals surface area contributed by atoms with E-state index in [0.29, 0.717) is 11.8 Å². The molecule has 0 aromatic heterocycles. The van der Waals surface area contributed by atoms with Gasteiger partial charge < -0.3 is 9.84 Å². The maximum absolute atomic E-state index is 13.9. The molecule has 1 aromatic carbocycles. The Morgan fingerprint density at radius 3 is 2.24 bits per heavy atom. The predicted molar refractivity (Wildman–Crippen MR) is 73.1 cm³/mol. The summed E-state index contributed by atoms with van der Waals surface area (Å²) in [7, 11) is 1.36. The summed E-state index contributed by atoms with van der Waals surface area (Å²) in [4.78, 5) is 12.4. The van der Waals surface area contributed by atoms with Crippen LogP contribution in [0.25, 0.3) is 0 Å². The van der Waals surface area contributed by atoms with E-state index in [1.165, 1.54) is 38.3 Å². The van der Waals surface area contributed by atoms with Crippen molar-refractivity contribution in [2.75, 3.05) is 7.11 Å². The number of amides is 1. The second-order valence-corrected chi connectivity index (χ2v) is 5.10. The molecular formula is C14H13F5N2O4. The average molecular weight is 368 g/mol. The van der Waals surface area contributed by atoms with Gasteiger partial charge in [-0.2, -0.15) is 8.78 Å². The maximum atomic E-state index is 13.9. The van der Waals surface area contributed by atoms with Crippen LogP contribution in [0.15, 0.2) is 36.0 Å². The largest absolute Gasteiger partial charge is 0.527 e. The minimum Gasteiger partial charge on any atom is -0.497 e. The lowest BCUT2D eigenvalue weighted by Crippen LogP contribution is -2.63. The molecule has 1 aliphatic rings. The number of ether oxygens (including phenoxy) is 2. The Labute approximate surface area is 138 Å². The van der Waals surface area contributed by atoms with Crippen LogP contribution in [0.1, 0.15) is 17.3 Å². The van der Waals surface area contributed by atoms with Crippen LogP contribution in [0, 0.1) is 0 Å². The standard InChI is InChI=1S/C14H13F5N2O4/c1-8-7-12(23,13(15,16)25-14(17,18)19)21(20-8)11(22)9-3-5-10(24-2)6-4-9/h3-7,20,23H,1-2H3/t12-/m1/s1. The van der Waals surface area contributed by atoms with Gasteiger partial charge in [0.25, 0.3) is 11.6 Å². The highest BCUT2D eigenvalue weighted by molar-refractivity contribution is 5.95. The normalized spacial score (nSPS) is 21.0. The van der Waals surface area contributed by atoms with Crippen molar-refractivity contribution in [1.82, 2.24) is 10.4 Å². The van der Waals surface area contributed by atoms with Gasteiger partial charge in [0, 0.05) is 11.3 Å². The van der Waals surface area contributed by atoms with Crippen molar-refractivity contribution in [1.29, 1.82) is 0 Å². The number of halogens is 5. The zero-order valence-corrected chi connectivity index (χ0v) is 12.9. The van der Waals surface area contributed by atoms with Crippen molar-refractivity contribution in [2.45, 2.75) is 25.1 Å². The van der Waals surface area contributed by atoms with Crippen LogP contribution < -0.4 is 10.2 Å². The van der Waals surface area contributed by atoms with E-state index in [0.717, 1.165) is 0 Å². The molecule has 0 fully saturated rings. The van der Waals surface area contributed by atoms with Gasteiger partial charge in [-0.1, -0.05) is 0 Å². The van der Waals surface area contributed by atoms with Gasteiger partial charge in [-0.05, 0) is 37.3 Å². The van der Waals surface area contributed by atoms with Crippen LogP contribution in [0.5, 0.6) is 5.75 Å². The van der Waals surface area contributed by atoms with E-state index >= 15 is 0 Å². The van der Waals surface area contributed by atoms with Crippen LogP contribution in [0.3, 0.4) is 0 Å². The number of methoxy groups -OCH3 is 1. The fourth-order valence-corrected chi connectivity index (χ4v) is 2.16. The molecular weight excluding hydrogens is 355 g/mol. The molecule has 11 heteroatoms. The molecule has 0 bridgehead atoms. The van der Waals surface area contributed by atoms with Crippen LogP contribution in [-0.4, -0.2) is 41.3 Å². The molecule has 0 aliphatic carbocycles. The number of carbonyl (C=O) groups is 1. The summed E-state index contributed by atoms with van der Waals surface area (Å²) in [6.07, 6.45) is -10.5. The quantitative estimate of drug-likeness (QED) is 0.799. The van der Waals surface area contributed by atoms with E-state index in [1.807, 2.05) is 0 Å². The summed E-state index contributed by atoms with van der Waals surface area (Å²) in [5, 5.41) is 10.1. The lowest BCUT2D eigenvalue weighted by atomic mass is 10.1. The molecule has 2 N–H and O–H groups in total. The van der Waals surface area contributed by atoms with Crippen LogP contribution >= 0.6 is 0 Å². The Kier molecular flexibility index (Phi) is 4.66. The molecule has 0 radical (unpaired) electrons. The van der Waals surface area contributed by atoms with Gasteiger partial charge in [-0.25, -0.2) is 9.75 Å². The number of rotatable bonds is 4. The van der Waals surface area contributed by atoms with Gasteiger partial charge >= 0.3 is 12.5 Å². The van der Waals surface area contributed by atoms with Crippen molar-refractivity contribution in [2.24, 2.45) is 0 Å². The lowest BCUT2D eigenvalue weighted by molar-refractivity contribution is -0.463. The molecule has 0 saturated carbocycles. The smallest absolute Gasteiger partial charge is 0.497 e. The van der Waals surface area contributed by atoms with Crippen molar-refractivity contribution < 1.29 is 41.3 Å². The first-order valence-corrected chi connectivity index (χ1v) is 6.71. The fourth-order valence-electron chi connectivity index (χ4n) is 2.16. The number of benzene rings is 1. The van der Waals surface area contributed by atoms with E-state index in [1.54, 1.807) is 0 Å². The second-order valence-electron chi connectivity index (χ2n) is 5.10. The summed E-state index contributed by atoms with van der Waals surface area (Å²) in [6.45, 7) is 1.18. The van der Waals surface area contributed by atoms with Crippen LogP contribution in [0.2, 0.25) is 0 Å². The molecule has 6 nitrogen and oxygen atoms in total. The molecule has 1 aliphatic heterocycles. The molecule has 0 spiro atoms. The third-order valence-electron chi connectivity index (χ3n) is 3.26. The lowest BCUT2D eigenvalue weighted by Gasteiger charge is -2.37. The molecule has 2 rings (SSSR count). The maximum Gasteiger partial charge on any atom is 0.527 e. The van der Waals surface area contributed by atoms with Gasteiger partial charge in [-0.3, -0.25) is 10.2 Å². The molecule has 1 amide bonds. The first-order valence-electron chi connectivity index (χ1n) is 6.71. The Hall–Kier alpha value is -2.40. The number of alkyl halides is 5. The van der Waals surface area contributed by atoms with E-state index < -0.39 is 24.1 Å². The molecule has 0 saturated heterocycles. The Morgan fingerprint density at radius 2 is 1.76 bits per heavy atom. The second kappa shape index (κ2) is 6.15. The van der Waals surface area contributed by atoms with Gasteiger partial charge in [0.05, 0.1) is 7.11 Å². The zero-order chi connectivity index (χ0) is 19.0. The highest BCUT2D eigenvalue weighted by Gasteiger charge is 2.65. The third kappa shape index (κ3) is 3.66. The van der Waals surface area contributed by atoms with E-state index in [-0.39, 0.29) is 16.3 Å². The van der Waals surface area contributed by atoms with Gasteiger partial charge in [0.2, 0.25) is 0 Å². The molecule has 1 aromatic rings. The SMILES string of the molecule is COc1ccc(C(=O)N2NC(C)=C[C@@]2(O)C(F)(F)OC(F)(F)F)cc1. The number of aliphatic hydroxyl groups is 1. The Balaban J connectivity index is 2.37. The number of carbonyl (C=O) groups excluding carboxylic acids is 1. The minimum absolute atomic E-state index is 0.0319. The third-order valence-corrected chi connectivity index (χ3v) is 3.26. The van der Waals surface area contributed by atoms with Crippen molar-refractivity contribution in [3.05, 3.63) is 41.6 Å². The van der Waals surface area contributed by atoms with Crippen molar-refractivity contribution in [3.63, 3.8) is 0 Å². The monoisotopic (exact) mass is 368 g/mol. The number of nitrogens with one attached hydrogen (secondary N) is 1. The van der Waals surface area contributed by atoms with Crippen LogP contribution in [0.4, 0.5) is 22.0 Å². The summed E-state index contributed by atoms with van der Waals surface area (Å²) >= 11 is 0. The van der Waals surface area contributed by atoms with E-state index in [2.05, 4.69) is 10.2 Å². The van der Waals surface area contributed by atoms with Crippen LogP contribution in [-0.2, 0) is 4.74 Å². The Morgan fingerprint density at radius 1 is 1.20 bits per heavy atom. The average Bonchev–Trinajstić information content (AvgIpc) is 2.81. The van der Waals surface area contributed by atoms with Gasteiger partial charge in [0.1, 0.15) is 5.75 Å². The molecule has 1 heterocycles. The van der Waals surface area contributed by atoms with Crippen molar-refractivity contribution in [3.8, 4) is 5.75 Å². The van der Waals surface area contributed by atoms with E-state index in [9.17, 15) is 31.9 Å². The van der Waals surface area contributed by atoms with Gasteiger partial charge in [0.15, 0.2) is 0 Å². The minimum atomic E-state index is -5.74.